The highest BCUT2D eigenvalue weighted by atomic mass is 31.2. The molecule has 0 aromatic heterocycles. The van der Waals surface area contributed by atoms with Gasteiger partial charge in [-0.05, 0) is 0 Å². The molecule has 0 radical (unpaired) electrons. The SMILES string of the molecule is NCC(=O)CP(=O)(O)CC(=O)CN. The van der Waals surface area contributed by atoms with Crippen LogP contribution < -0.4 is 11.5 Å². The van der Waals surface area contributed by atoms with Crippen LogP contribution in [0.5, 0.6) is 0 Å². The highest BCUT2D eigenvalue weighted by molar-refractivity contribution is 7.59. The predicted molar refractivity (Wildman–Crippen MR) is 47.7 cm³/mol. The van der Waals surface area contributed by atoms with Gasteiger partial charge in [0.1, 0.15) is 0 Å². The van der Waals surface area contributed by atoms with Crippen LogP contribution in [0.4, 0.5) is 0 Å². The van der Waals surface area contributed by atoms with E-state index in [1.54, 1.807) is 0 Å². The Balaban J connectivity index is 4.16. The lowest BCUT2D eigenvalue weighted by Crippen LogP contribution is -2.22. The highest BCUT2D eigenvalue weighted by Crippen LogP contribution is 2.39. The molecule has 6 nitrogen and oxygen atoms in total. The van der Waals surface area contributed by atoms with Gasteiger partial charge in [0.2, 0.25) is 7.37 Å². The van der Waals surface area contributed by atoms with Crippen LogP contribution in [0.25, 0.3) is 0 Å². The zero-order chi connectivity index (χ0) is 10.5. The molecule has 0 fully saturated rings. The first-order valence-corrected chi connectivity index (χ1v) is 5.68. The predicted octanol–water partition coefficient (Wildman–Crippen LogP) is -1.69. The van der Waals surface area contributed by atoms with E-state index in [1.807, 2.05) is 0 Å². The monoisotopic (exact) mass is 208 g/mol. The van der Waals surface area contributed by atoms with Crippen LogP contribution in [0, 0.1) is 0 Å². The Morgan fingerprint density at radius 1 is 1.08 bits per heavy atom. The van der Waals surface area contributed by atoms with Gasteiger partial charge in [0.15, 0.2) is 11.6 Å². The molecule has 0 amide bonds. The zero-order valence-corrected chi connectivity index (χ0v) is 8.00. The molecule has 0 aliphatic heterocycles. The van der Waals surface area contributed by atoms with Crippen LogP contribution in [0.3, 0.4) is 0 Å². The molecule has 0 atom stereocenters. The van der Waals surface area contributed by atoms with E-state index in [0.717, 1.165) is 0 Å². The lowest BCUT2D eigenvalue weighted by Gasteiger charge is -2.07. The second kappa shape index (κ2) is 5.24. The number of rotatable bonds is 6. The number of hydrogen-bond acceptors (Lipinski definition) is 5. The number of hydrogen-bond donors (Lipinski definition) is 3. The maximum absolute atomic E-state index is 11.2. The molecule has 0 aromatic rings. The summed E-state index contributed by atoms with van der Waals surface area (Å²) in [5.74, 6) is -1.06. The van der Waals surface area contributed by atoms with Crippen molar-refractivity contribution < 1.29 is 19.0 Å². The Labute approximate surface area is 75.7 Å². The molecule has 0 aromatic carbocycles. The minimum atomic E-state index is -3.70. The van der Waals surface area contributed by atoms with Gasteiger partial charge in [-0.3, -0.25) is 14.2 Å². The summed E-state index contributed by atoms with van der Waals surface area (Å²) >= 11 is 0. The van der Waals surface area contributed by atoms with E-state index in [1.165, 1.54) is 0 Å². The number of carbonyl (C=O) groups is 2. The largest absolute Gasteiger partial charge is 0.344 e. The van der Waals surface area contributed by atoms with E-state index >= 15 is 0 Å². The fraction of sp³-hybridized carbons (Fsp3) is 0.667. The van der Waals surface area contributed by atoms with Crippen molar-refractivity contribution in [1.29, 1.82) is 0 Å². The van der Waals surface area contributed by atoms with E-state index in [-0.39, 0.29) is 13.1 Å². The molecule has 0 spiro atoms. The fourth-order valence-electron chi connectivity index (χ4n) is 0.736. The van der Waals surface area contributed by atoms with Gasteiger partial charge in [-0.1, -0.05) is 0 Å². The minimum Gasteiger partial charge on any atom is -0.344 e. The van der Waals surface area contributed by atoms with Crippen LogP contribution in [0.2, 0.25) is 0 Å². The van der Waals surface area contributed by atoms with Gasteiger partial charge >= 0.3 is 0 Å². The van der Waals surface area contributed by atoms with Gasteiger partial charge in [0, 0.05) is 0 Å². The molecule has 0 saturated carbocycles. The van der Waals surface area contributed by atoms with Gasteiger partial charge in [0.05, 0.1) is 25.4 Å². The topological polar surface area (TPSA) is 123 Å². The molecule has 0 heterocycles. The van der Waals surface area contributed by atoms with Crippen molar-refractivity contribution in [3.05, 3.63) is 0 Å². The first-order valence-electron chi connectivity index (χ1n) is 3.65. The van der Waals surface area contributed by atoms with Gasteiger partial charge in [-0.25, -0.2) is 0 Å². The van der Waals surface area contributed by atoms with Crippen LogP contribution in [0.15, 0.2) is 0 Å². The number of Topliss-reactive ketones (excluding diaryl/α,β-unsaturated/α-hetero) is 2. The lowest BCUT2D eigenvalue weighted by atomic mass is 10.5. The summed E-state index contributed by atoms with van der Waals surface area (Å²) in [5, 5.41) is 0. The standard InChI is InChI=1S/C6H13N2O4P/c7-1-5(9)3-13(11,12)4-6(10)2-8/h1-4,7-8H2,(H,11,12). The van der Waals surface area contributed by atoms with Crippen LogP contribution in [0.1, 0.15) is 0 Å². The van der Waals surface area contributed by atoms with Crippen molar-refractivity contribution in [3.63, 3.8) is 0 Å². The maximum atomic E-state index is 11.2. The molecule has 7 heteroatoms. The Morgan fingerprint density at radius 3 is 1.62 bits per heavy atom. The average molecular weight is 208 g/mol. The summed E-state index contributed by atoms with van der Waals surface area (Å²) in [6.07, 6.45) is -1.09. The molecular weight excluding hydrogens is 195 g/mol. The quantitative estimate of drug-likeness (QED) is 0.447. The second-order valence-electron chi connectivity index (χ2n) is 2.65. The summed E-state index contributed by atoms with van der Waals surface area (Å²) < 4.78 is 11.2. The summed E-state index contributed by atoms with van der Waals surface area (Å²) in [6.45, 7) is -0.581. The highest BCUT2D eigenvalue weighted by Gasteiger charge is 2.24. The van der Waals surface area contributed by atoms with E-state index in [2.05, 4.69) is 0 Å². The van der Waals surface area contributed by atoms with Gasteiger partial charge in [-0.2, -0.15) is 0 Å². The Hall–Kier alpha value is -0.550. The van der Waals surface area contributed by atoms with Crippen LogP contribution in [-0.4, -0.2) is 41.9 Å². The molecule has 76 valence electrons. The maximum Gasteiger partial charge on any atom is 0.215 e. The molecule has 0 unspecified atom stereocenters. The second-order valence-corrected chi connectivity index (χ2v) is 4.97. The van der Waals surface area contributed by atoms with Crippen molar-refractivity contribution >= 4 is 18.9 Å². The summed E-state index contributed by atoms with van der Waals surface area (Å²) in [6, 6.07) is 0. The third-order valence-corrected chi connectivity index (χ3v) is 3.00. The molecule has 0 bridgehead atoms. The molecule has 13 heavy (non-hydrogen) atoms. The number of carbonyl (C=O) groups excluding carboxylic acids is 2. The Morgan fingerprint density at radius 2 is 1.38 bits per heavy atom. The van der Waals surface area contributed by atoms with Crippen molar-refractivity contribution in [1.82, 2.24) is 0 Å². The van der Waals surface area contributed by atoms with Gasteiger partial charge in [0.25, 0.3) is 0 Å². The van der Waals surface area contributed by atoms with E-state index < -0.39 is 31.3 Å². The molecule has 0 aliphatic rings. The van der Waals surface area contributed by atoms with Crippen molar-refractivity contribution in [2.24, 2.45) is 11.5 Å². The smallest absolute Gasteiger partial charge is 0.215 e. The third-order valence-electron chi connectivity index (χ3n) is 1.30. The summed E-state index contributed by atoms with van der Waals surface area (Å²) in [4.78, 5) is 30.5. The summed E-state index contributed by atoms with van der Waals surface area (Å²) in [7, 11) is -3.70. The Bertz CT molecular complexity index is 231. The average Bonchev–Trinajstić information content (AvgIpc) is 2.02. The summed E-state index contributed by atoms with van der Waals surface area (Å²) in [5.41, 5.74) is 9.90. The van der Waals surface area contributed by atoms with Crippen LogP contribution in [-0.2, 0) is 14.2 Å². The van der Waals surface area contributed by atoms with E-state index in [0.29, 0.717) is 0 Å². The van der Waals surface area contributed by atoms with Crippen molar-refractivity contribution in [2.45, 2.75) is 0 Å². The number of ketones is 2. The lowest BCUT2D eigenvalue weighted by molar-refractivity contribution is -0.115. The van der Waals surface area contributed by atoms with Crippen LogP contribution >= 0.6 is 7.37 Å². The normalized spacial score (nSPS) is 11.3. The number of nitrogens with two attached hydrogens (primary N) is 2. The van der Waals surface area contributed by atoms with Crippen molar-refractivity contribution in [3.8, 4) is 0 Å². The van der Waals surface area contributed by atoms with Crippen molar-refractivity contribution in [2.75, 3.05) is 25.4 Å². The van der Waals surface area contributed by atoms with E-state index in [4.69, 9.17) is 16.4 Å². The molecule has 0 rings (SSSR count). The zero-order valence-electron chi connectivity index (χ0n) is 7.10. The van der Waals surface area contributed by atoms with Gasteiger partial charge < -0.3 is 16.4 Å². The fourth-order valence-corrected chi connectivity index (χ4v) is 2.21. The van der Waals surface area contributed by atoms with Gasteiger partial charge in [-0.15, -0.1) is 0 Å². The minimum absolute atomic E-state index is 0.290. The first-order chi connectivity index (χ1) is 5.91. The van der Waals surface area contributed by atoms with E-state index in [9.17, 15) is 14.2 Å². The molecule has 0 saturated heterocycles. The first kappa shape index (κ1) is 12.4. The molecule has 0 aliphatic carbocycles. The Kier molecular flexibility index (Phi) is 5.02. The third kappa shape index (κ3) is 5.65. The molecule has 5 N–H and O–H groups in total. The molecular formula is C6H13N2O4P.